The highest BCUT2D eigenvalue weighted by atomic mass is 35.5. The molecule has 1 aromatic heterocycles. The molecule has 0 fully saturated rings. The van der Waals surface area contributed by atoms with E-state index in [4.69, 9.17) is 21.1 Å². The summed E-state index contributed by atoms with van der Waals surface area (Å²) in [4.78, 5) is 7.89. The molecule has 0 aliphatic carbocycles. The summed E-state index contributed by atoms with van der Waals surface area (Å²) < 4.78 is 10.5. The zero-order valence-corrected chi connectivity index (χ0v) is 10.4. The van der Waals surface area contributed by atoms with Gasteiger partial charge in [-0.3, -0.25) is 0 Å². The van der Waals surface area contributed by atoms with Crippen LogP contribution in [0.2, 0.25) is 5.15 Å². The zero-order valence-electron chi connectivity index (χ0n) is 9.66. The molecule has 1 unspecified atom stereocenters. The molecule has 16 heavy (non-hydrogen) atoms. The Balaban J connectivity index is 2.63. The Kier molecular flexibility index (Phi) is 5.28. The summed E-state index contributed by atoms with van der Waals surface area (Å²) >= 11 is 5.86. The minimum atomic E-state index is 0.100. The SMILES string of the molecule is CCOC(C)CNc1ncnc(Cl)c1OC. The minimum Gasteiger partial charge on any atom is -0.490 e. The lowest BCUT2D eigenvalue weighted by atomic mass is 10.4. The van der Waals surface area contributed by atoms with Crippen molar-refractivity contribution in [2.45, 2.75) is 20.0 Å². The number of hydrogen-bond donors (Lipinski definition) is 1. The predicted molar refractivity (Wildman–Crippen MR) is 63.2 cm³/mol. The fourth-order valence-electron chi connectivity index (χ4n) is 1.24. The van der Waals surface area contributed by atoms with E-state index in [0.717, 1.165) is 0 Å². The number of ether oxygens (including phenoxy) is 2. The molecule has 90 valence electrons. The molecular formula is C10H16ClN3O2. The lowest BCUT2D eigenvalue weighted by molar-refractivity contribution is 0.0854. The van der Waals surface area contributed by atoms with Crippen molar-refractivity contribution in [1.82, 2.24) is 9.97 Å². The smallest absolute Gasteiger partial charge is 0.198 e. The summed E-state index contributed by atoms with van der Waals surface area (Å²) in [5.74, 6) is 1.03. The normalized spacial score (nSPS) is 12.2. The van der Waals surface area contributed by atoms with Gasteiger partial charge in [0.05, 0.1) is 13.2 Å². The first kappa shape index (κ1) is 13.0. The van der Waals surface area contributed by atoms with Gasteiger partial charge in [0.2, 0.25) is 0 Å². The lowest BCUT2D eigenvalue weighted by Crippen LogP contribution is -2.20. The van der Waals surface area contributed by atoms with Crippen LogP contribution in [0, 0.1) is 0 Å². The summed E-state index contributed by atoms with van der Waals surface area (Å²) in [5, 5.41) is 3.40. The molecule has 0 aliphatic rings. The number of anilines is 1. The molecular weight excluding hydrogens is 230 g/mol. The van der Waals surface area contributed by atoms with Crippen molar-refractivity contribution in [3.05, 3.63) is 11.5 Å². The molecule has 0 saturated carbocycles. The molecule has 0 aromatic carbocycles. The first-order chi connectivity index (χ1) is 7.69. The third-order valence-corrected chi connectivity index (χ3v) is 2.24. The van der Waals surface area contributed by atoms with Crippen LogP contribution in [0.25, 0.3) is 0 Å². The number of halogens is 1. The zero-order chi connectivity index (χ0) is 12.0. The van der Waals surface area contributed by atoms with E-state index in [1.165, 1.54) is 13.4 Å². The molecule has 0 amide bonds. The van der Waals surface area contributed by atoms with Crippen molar-refractivity contribution in [2.24, 2.45) is 0 Å². The number of rotatable bonds is 6. The van der Waals surface area contributed by atoms with Crippen molar-refractivity contribution in [2.75, 3.05) is 25.6 Å². The quantitative estimate of drug-likeness (QED) is 0.777. The molecule has 0 spiro atoms. The summed E-state index contributed by atoms with van der Waals surface area (Å²) in [6, 6.07) is 0. The molecule has 1 N–H and O–H groups in total. The van der Waals surface area contributed by atoms with Crippen LogP contribution in [-0.4, -0.2) is 36.3 Å². The van der Waals surface area contributed by atoms with Gasteiger partial charge in [0.25, 0.3) is 0 Å². The molecule has 6 heteroatoms. The maximum absolute atomic E-state index is 5.86. The molecule has 0 radical (unpaired) electrons. The number of methoxy groups -OCH3 is 1. The summed E-state index contributed by atoms with van der Waals surface area (Å²) in [7, 11) is 1.53. The van der Waals surface area contributed by atoms with Crippen molar-refractivity contribution in [3.63, 3.8) is 0 Å². The van der Waals surface area contributed by atoms with Gasteiger partial charge in [-0.15, -0.1) is 0 Å². The molecule has 5 nitrogen and oxygen atoms in total. The molecule has 1 atom stereocenters. The van der Waals surface area contributed by atoms with E-state index in [-0.39, 0.29) is 6.10 Å². The van der Waals surface area contributed by atoms with Crippen LogP contribution in [-0.2, 0) is 4.74 Å². The van der Waals surface area contributed by atoms with Gasteiger partial charge in [0.1, 0.15) is 6.33 Å². The van der Waals surface area contributed by atoms with E-state index in [2.05, 4.69) is 15.3 Å². The van der Waals surface area contributed by atoms with Gasteiger partial charge >= 0.3 is 0 Å². The largest absolute Gasteiger partial charge is 0.490 e. The third kappa shape index (κ3) is 3.50. The Bertz CT molecular complexity index is 336. The molecule has 0 saturated heterocycles. The fraction of sp³-hybridized carbons (Fsp3) is 0.600. The van der Waals surface area contributed by atoms with Gasteiger partial charge in [-0.2, -0.15) is 0 Å². The van der Waals surface area contributed by atoms with Crippen molar-refractivity contribution < 1.29 is 9.47 Å². The maximum atomic E-state index is 5.86. The first-order valence-corrected chi connectivity index (χ1v) is 5.46. The lowest BCUT2D eigenvalue weighted by Gasteiger charge is -2.14. The Labute approximate surface area is 100 Å². The van der Waals surface area contributed by atoms with Crippen molar-refractivity contribution in [1.29, 1.82) is 0 Å². The Morgan fingerprint density at radius 1 is 1.50 bits per heavy atom. The van der Waals surface area contributed by atoms with E-state index in [9.17, 15) is 0 Å². The average molecular weight is 246 g/mol. The Morgan fingerprint density at radius 3 is 2.88 bits per heavy atom. The van der Waals surface area contributed by atoms with Crippen LogP contribution >= 0.6 is 11.6 Å². The molecule has 1 rings (SSSR count). The predicted octanol–water partition coefficient (Wildman–Crippen LogP) is 1.98. The second-order valence-corrected chi connectivity index (χ2v) is 3.55. The summed E-state index contributed by atoms with van der Waals surface area (Å²) in [6.45, 7) is 5.26. The van der Waals surface area contributed by atoms with Crippen molar-refractivity contribution in [3.8, 4) is 5.75 Å². The maximum Gasteiger partial charge on any atom is 0.198 e. The molecule has 0 aliphatic heterocycles. The highest BCUT2D eigenvalue weighted by molar-refractivity contribution is 6.31. The van der Waals surface area contributed by atoms with Gasteiger partial charge < -0.3 is 14.8 Å². The summed E-state index contributed by atoms with van der Waals surface area (Å²) in [5.41, 5.74) is 0. The van der Waals surface area contributed by atoms with Crippen LogP contribution in [0.3, 0.4) is 0 Å². The topological polar surface area (TPSA) is 56.3 Å². The Morgan fingerprint density at radius 2 is 2.25 bits per heavy atom. The van der Waals surface area contributed by atoms with E-state index in [1.807, 2.05) is 13.8 Å². The van der Waals surface area contributed by atoms with E-state index >= 15 is 0 Å². The van der Waals surface area contributed by atoms with Crippen LogP contribution in [0.1, 0.15) is 13.8 Å². The highest BCUT2D eigenvalue weighted by Crippen LogP contribution is 2.28. The van der Waals surface area contributed by atoms with Gasteiger partial charge in [-0.25, -0.2) is 9.97 Å². The van der Waals surface area contributed by atoms with Crippen LogP contribution in [0.4, 0.5) is 5.82 Å². The molecule has 1 heterocycles. The standard InChI is InChI=1S/C10H16ClN3O2/c1-4-16-7(2)5-12-10-8(15-3)9(11)13-6-14-10/h6-7H,4-5H2,1-3H3,(H,12,13,14). The monoisotopic (exact) mass is 245 g/mol. The van der Waals surface area contributed by atoms with Crippen molar-refractivity contribution >= 4 is 17.4 Å². The third-order valence-electron chi connectivity index (χ3n) is 1.97. The van der Waals surface area contributed by atoms with Crippen LogP contribution in [0.5, 0.6) is 5.75 Å². The van der Waals surface area contributed by atoms with Gasteiger partial charge in [-0.05, 0) is 13.8 Å². The number of aromatic nitrogens is 2. The van der Waals surface area contributed by atoms with Crippen LogP contribution < -0.4 is 10.1 Å². The Hall–Kier alpha value is -1.07. The van der Waals surface area contributed by atoms with Crippen LogP contribution in [0.15, 0.2) is 6.33 Å². The average Bonchev–Trinajstić information content (AvgIpc) is 2.27. The van der Waals surface area contributed by atoms with Gasteiger partial charge in [0.15, 0.2) is 16.7 Å². The molecule has 1 aromatic rings. The number of nitrogens with zero attached hydrogens (tertiary/aromatic N) is 2. The van der Waals surface area contributed by atoms with Gasteiger partial charge in [0, 0.05) is 13.2 Å². The molecule has 0 bridgehead atoms. The number of hydrogen-bond acceptors (Lipinski definition) is 5. The second kappa shape index (κ2) is 6.50. The number of nitrogens with one attached hydrogen (secondary N) is 1. The first-order valence-electron chi connectivity index (χ1n) is 5.09. The van der Waals surface area contributed by atoms with Gasteiger partial charge in [-0.1, -0.05) is 11.6 Å². The highest BCUT2D eigenvalue weighted by Gasteiger charge is 2.10. The van der Waals surface area contributed by atoms with E-state index in [1.54, 1.807) is 0 Å². The fourth-order valence-corrected chi connectivity index (χ4v) is 1.45. The van der Waals surface area contributed by atoms with E-state index in [0.29, 0.717) is 29.9 Å². The van der Waals surface area contributed by atoms with E-state index < -0.39 is 0 Å². The summed E-state index contributed by atoms with van der Waals surface area (Å²) in [6.07, 6.45) is 1.49. The second-order valence-electron chi connectivity index (χ2n) is 3.19. The minimum absolute atomic E-state index is 0.100.